The maximum Gasteiger partial charge on any atom is 0.354 e. The number of aromatic nitrogens is 3. The van der Waals surface area contributed by atoms with Gasteiger partial charge in [-0.05, 0) is 59.3 Å². The lowest BCUT2D eigenvalue weighted by atomic mass is 10.0. The third-order valence-electron chi connectivity index (χ3n) is 5.74. The molecule has 8 nitrogen and oxygen atoms in total. The van der Waals surface area contributed by atoms with Crippen LogP contribution in [0.5, 0.6) is 0 Å². The van der Waals surface area contributed by atoms with E-state index in [0.717, 1.165) is 26.7 Å². The number of thiophene rings is 1. The molecule has 0 saturated heterocycles. The van der Waals surface area contributed by atoms with Crippen LogP contribution in [0.15, 0.2) is 88.5 Å². The quantitative estimate of drug-likeness (QED) is 0.259. The van der Waals surface area contributed by atoms with Crippen LogP contribution in [-0.4, -0.2) is 20.4 Å². The molecular formula is C27H24N6O2S2. The van der Waals surface area contributed by atoms with Crippen molar-refractivity contribution in [3.05, 3.63) is 111 Å². The summed E-state index contributed by atoms with van der Waals surface area (Å²) in [6, 6.07) is 20.1. The molecule has 0 bridgehead atoms. The molecule has 3 heterocycles. The van der Waals surface area contributed by atoms with Crippen LogP contribution in [0.2, 0.25) is 0 Å². The molecule has 10 heteroatoms. The molecule has 186 valence electrons. The van der Waals surface area contributed by atoms with Crippen LogP contribution in [0.4, 0.5) is 11.5 Å². The van der Waals surface area contributed by atoms with Gasteiger partial charge in [-0.25, -0.2) is 9.78 Å². The van der Waals surface area contributed by atoms with E-state index in [-0.39, 0.29) is 24.2 Å². The first kappa shape index (κ1) is 24.4. The van der Waals surface area contributed by atoms with Gasteiger partial charge in [0.05, 0.1) is 28.7 Å². The minimum absolute atomic E-state index is 0.144. The Labute approximate surface area is 221 Å². The predicted octanol–water partition coefficient (Wildman–Crippen LogP) is 4.22. The first-order chi connectivity index (χ1) is 17.9. The zero-order valence-electron chi connectivity index (χ0n) is 19.7. The highest BCUT2D eigenvalue weighted by molar-refractivity contribution is 7.20. The van der Waals surface area contributed by atoms with Crippen molar-refractivity contribution >= 4 is 40.1 Å². The molecule has 0 saturated carbocycles. The van der Waals surface area contributed by atoms with E-state index in [0.29, 0.717) is 17.8 Å². The van der Waals surface area contributed by atoms with Gasteiger partial charge in [0.25, 0.3) is 0 Å². The van der Waals surface area contributed by atoms with Crippen molar-refractivity contribution in [1.29, 1.82) is 0 Å². The highest BCUT2D eigenvalue weighted by Gasteiger charge is 2.20. The molecule has 5 aromatic rings. The lowest BCUT2D eigenvalue weighted by Gasteiger charge is -2.18. The van der Waals surface area contributed by atoms with E-state index in [1.165, 1.54) is 4.57 Å². The van der Waals surface area contributed by atoms with Crippen molar-refractivity contribution in [1.82, 2.24) is 19.9 Å². The predicted molar refractivity (Wildman–Crippen MR) is 149 cm³/mol. The Balaban J connectivity index is 1.36. The number of benzene rings is 2. The number of rotatable bonds is 8. The summed E-state index contributed by atoms with van der Waals surface area (Å²) in [6.45, 7) is 0. The minimum atomic E-state index is -0.477. The molecule has 0 unspecified atom stereocenters. The Morgan fingerprint density at radius 3 is 2.57 bits per heavy atom. The van der Waals surface area contributed by atoms with E-state index < -0.39 is 5.69 Å². The van der Waals surface area contributed by atoms with Gasteiger partial charge in [0, 0.05) is 17.3 Å². The van der Waals surface area contributed by atoms with Crippen molar-refractivity contribution in [2.45, 2.75) is 18.9 Å². The number of carbonyl (C=O) groups is 1. The van der Waals surface area contributed by atoms with E-state index in [2.05, 4.69) is 10.3 Å². The summed E-state index contributed by atoms with van der Waals surface area (Å²) < 4.78 is 1.39. The Morgan fingerprint density at radius 2 is 1.81 bits per heavy atom. The maximum absolute atomic E-state index is 13.2. The monoisotopic (exact) mass is 528 g/mol. The Morgan fingerprint density at radius 1 is 0.973 bits per heavy atom. The summed E-state index contributed by atoms with van der Waals surface area (Å²) in [5, 5.41) is 8.11. The van der Waals surface area contributed by atoms with Crippen molar-refractivity contribution in [3.8, 4) is 15.6 Å². The van der Waals surface area contributed by atoms with E-state index >= 15 is 0 Å². The molecule has 0 aliphatic carbocycles. The van der Waals surface area contributed by atoms with Gasteiger partial charge in [-0.3, -0.25) is 9.36 Å². The topological polar surface area (TPSA) is 129 Å². The van der Waals surface area contributed by atoms with E-state index in [1.54, 1.807) is 53.1 Å². The van der Waals surface area contributed by atoms with E-state index in [9.17, 15) is 9.59 Å². The fraction of sp³-hybridized carbons (Fsp3) is 0.111. The number of nitrogens with zero attached hydrogens (tertiary/aromatic N) is 3. The summed E-state index contributed by atoms with van der Waals surface area (Å²) in [4.78, 5) is 35.1. The number of hydrogen-bond acceptors (Lipinski definition) is 8. The number of anilines is 2. The lowest BCUT2D eigenvalue weighted by molar-refractivity contribution is -0.121. The van der Waals surface area contributed by atoms with Crippen molar-refractivity contribution in [2.75, 3.05) is 11.5 Å². The first-order valence-corrected chi connectivity index (χ1v) is 13.3. The van der Waals surface area contributed by atoms with Crippen LogP contribution in [0.1, 0.15) is 22.9 Å². The second kappa shape index (κ2) is 10.8. The summed E-state index contributed by atoms with van der Waals surface area (Å²) in [5.41, 5.74) is 14.9. The van der Waals surface area contributed by atoms with Gasteiger partial charge < -0.3 is 16.8 Å². The molecule has 5 N–H and O–H groups in total. The molecule has 1 atom stereocenters. The van der Waals surface area contributed by atoms with Gasteiger partial charge in [0.2, 0.25) is 5.91 Å². The molecule has 37 heavy (non-hydrogen) atoms. The Kier molecular flexibility index (Phi) is 7.11. The van der Waals surface area contributed by atoms with Crippen molar-refractivity contribution in [2.24, 2.45) is 0 Å². The van der Waals surface area contributed by atoms with Gasteiger partial charge in [-0.1, -0.05) is 30.3 Å². The zero-order valence-corrected chi connectivity index (χ0v) is 21.3. The fourth-order valence-electron chi connectivity index (χ4n) is 3.94. The van der Waals surface area contributed by atoms with Crippen LogP contribution in [0.25, 0.3) is 15.6 Å². The first-order valence-electron chi connectivity index (χ1n) is 11.5. The number of thiazole rings is 1. The van der Waals surface area contributed by atoms with Gasteiger partial charge in [0.15, 0.2) is 0 Å². The van der Waals surface area contributed by atoms with Gasteiger partial charge in [-0.15, -0.1) is 22.7 Å². The summed E-state index contributed by atoms with van der Waals surface area (Å²) in [6.07, 6.45) is 2.29. The van der Waals surface area contributed by atoms with Gasteiger partial charge in [0.1, 0.15) is 10.8 Å². The SMILES string of the molecule is Nc1ccc(C[C@H](NC(=O)Cc2cccc(-n3ccc(N)nc3=O)c2)c2csc(-c3cccs3)n2)cc1. The highest BCUT2D eigenvalue weighted by Crippen LogP contribution is 2.30. The number of nitrogen functional groups attached to an aromatic ring is 2. The van der Waals surface area contributed by atoms with Gasteiger partial charge in [-0.2, -0.15) is 4.98 Å². The Hall–Kier alpha value is -4.28. The van der Waals surface area contributed by atoms with Crippen LogP contribution in [-0.2, 0) is 17.6 Å². The normalized spacial score (nSPS) is 11.8. The van der Waals surface area contributed by atoms with Crippen molar-refractivity contribution in [3.63, 3.8) is 0 Å². The molecule has 1 amide bonds. The fourth-order valence-corrected chi connectivity index (χ4v) is 5.63. The smallest absolute Gasteiger partial charge is 0.354 e. The molecular weight excluding hydrogens is 504 g/mol. The molecule has 0 aliphatic rings. The average Bonchev–Trinajstić information content (AvgIpc) is 3.58. The number of amides is 1. The number of hydrogen-bond donors (Lipinski definition) is 3. The highest BCUT2D eigenvalue weighted by atomic mass is 32.1. The molecule has 5 rings (SSSR count). The second-order valence-corrected chi connectivity index (χ2v) is 10.3. The van der Waals surface area contributed by atoms with Gasteiger partial charge >= 0.3 is 5.69 Å². The third kappa shape index (κ3) is 5.93. The maximum atomic E-state index is 13.2. The zero-order chi connectivity index (χ0) is 25.8. The van der Waals surface area contributed by atoms with Crippen molar-refractivity contribution < 1.29 is 4.79 Å². The number of nitrogens with two attached hydrogens (primary N) is 2. The van der Waals surface area contributed by atoms with Crippen LogP contribution < -0.4 is 22.5 Å². The number of nitrogens with one attached hydrogen (secondary N) is 1. The lowest BCUT2D eigenvalue weighted by Crippen LogP contribution is -2.31. The summed E-state index contributed by atoms with van der Waals surface area (Å²) in [7, 11) is 0. The largest absolute Gasteiger partial charge is 0.399 e. The average molecular weight is 529 g/mol. The summed E-state index contributed by atoms with van der Waals surface area (Å²) in [5.74, 6) is 0.0132. The molecule has 2 aromatic carbocycles. The molecule has 0 fully saturated rings. The molecule has 0 aliphatic heterocycles. The standard InChI is InChI=1S/C27H24N6O2S2/c28-19-8-6-17(7-9-19)14-21(22-16-37-26(31-22)23-5-2-12-36-23)30-25(34)15-18-3-1-4-20(13-18)33-11-10-24(29)32-27(33)35/h1-13,16,21H,14-15,28H2,(H,30,34)(H2,29,32,35)/t21-/m0/s1. The van der Waals surface area contributed by atoms with E-state index in [4.69, 9.17) is 16.5 Å². The second-order valence-electron chi connectivity index (χ2n) is 8.47. The molecule has 3 aromatic heterocycles. The third-order valence-corrected chi connectivity index (χ3v) is 7.64. The minimum Gasteiger partial charge on any atom is -0.399 e. The van der Waals surface area contributed by atoms with E-state index in [1.807, 2.05) is 53.2 Å². The van der Waals surface area contributed by atoms with Crippen LogP contribution in [0, 0.1) is 0 Å². The summed E-state index contributed by atoms with van der Waals surface area (Å²) >= 11 is 3.20. The van der Waals surface area contributed by atoms with Crippen LogP contribution >= 0.6 is 22.7 Å². The molecule has 0 radical (unpaired) electrons. The molecule has 0 spiro atoms. The Bertz CT molecular complexity index is 1580. The van der Waals surface area contributed by atoms with Crippen LogP contribution in [0.3, 0.4) is 0 Å². The number of carbonyl (C=O) groups excluding carboxylic acids is 1.